The Kier molecular flexibility index (Phi) is 17.4. The van der Waals surface area contributed by atoms with Gasteiger partial charge in [-0.25, -0.2) is 0 Å². The molecule has 0 aliphatic carbocycles. The van der Waals surface area contributed by atoms with Crippen molar-refractivity contribution in [3.63, 3.8) is 0 Å². The molecule has 3 heteroatoms. The van der Waals surface area contributed by atoms with Crippen molar-refractivity contribution in [1.29, 1.82) is 0 Å². The SMILES string of the molecule is C1CCNC1.C[O-].[K+]. The van der Waals surface area contributed by atoms with Crippen molar-refractivity contribution in [2.24, 2.45) is 0 Å². The third-order valence-corrected chi connectivity index (χ3v) is 0.957. The topological polar surface area (TPSA) is 35.1 Å². The van der Waals surface area contributed by atoms with Gasteiger partial charge in [-0.3, -0.25) is 0 Å². The van der Waals surface area contributed by atoms with E-state index in [-0.39, 0.29) is 51.4 Å². The largest absolute Gasteiger partial charge is 1.00 e. The molecule has 1 aliphatic heterocycles. The van der Waals surface area contributed by atoms with Gasteiger partial charge >= 0.3 is 51.4 Å². The first-order valence-corrected chi connectivity index (χ1v) is 2.62. The first-order valence-electron chi connectivity index (χ1n) is 2.62. The van der Waals surface area contributed by atoms with Crippen LogP contribution in [-0.4, -0.2) is 20.2 Å². The molecule has 0 aromatic rings. The van der Waals surface area contributed by atoms with Crippen LogP contribution in [0.1, 0.15) is 12.8 Å². The average molecular weight is 141 g/mol. The van der Waals surface area contributed by atoms with Crippen molar-refractivity contribution < 1.29 is 56.5 Å². The molecular formula is C5H12KNO. The van der Waals surface area contributed by atoms with Gasteiger partial charge in [-0.1, -0.05) is 0 Å². The smallest absolute Gasteiger partial charge is 0.857 e. The molecule has 1 fully saturated rings. The minimum absolute atomic E-state index is 0. The van der Waals surface area contributed by atoms with E-state index in [0.717, 1.165) is 7.11 Å². The Morgan fingerprint density at radius 3 is 1.62 bits per heavy atom. The van der Waals surface area contributed by atoms with Gasteiger partial charge in [0.15, 0.2) is 0 Å². The quantitative estimate of drug-likeness (QED) is 0.353. The van der Waals surface area contributed by atoms with Crippen molar-refractivity contribution in [2.75, 3.05) is 20.2 Å². The molecule has 0 radical (unpaired) electrons. The molecule has 0 aromatic heterocycles. The third-order valence-electron chi connectivity index (χ3n) is 0.957. The fourth-order valence-corrected chi connectivity index (χ4v) is 0.625. The van der Waals surface area contributed by atoms with Crippen LogP contribution in [0.25, 0.3) is 0 Å². The average Bonchev–Trinajstić information content (AvgIpc) is 2.23. The van der Waals surface area contributed by atoms with E-state index in [1.165, 1.54) is 25.9 Å². The van der Waals surface area contributed by atoms with E-state index in [2.05, 4.69) is 5.32 Å². The van der Waals surface area contributed by atoms with E-state index in [4.69, 9.17) is 5.11 Å². The third kappa shape index (κ3) is 7.56. The number of hydrogen-bond acceptors (Lipinski definition) is 2. The van der Waals surface area contributed by atoms with E-state index in [9.17, 15) is 0 Å². The van der Waals surface area contributed by atoms with Crippen LogP contribution in [0.4, 0.5) is 0 Å². The fourth-order valence-electron chi connectivity index (χ4n) is 0.625. The molecule has 2 nitrogen and oxygen atoms in total. The van der Waals surface area contributed by atoms with E-state index in [1.54, 1.807) is 0 Å². The van der Waals surface area contributed by atoms with Gasteiger partial charge in [-0.15, -0.1) is 0 Å². The van der Waals surface area contributed by atoms with Gasteiger partial charge in [-0.2, -0.15) is 7.11 Å². The van der Waals surface area contributed by atoms with Crippen molar-refractivity contribution in [2.45, 2.75) is 12.8 Å². The maximum Gasteiger partial charge on any atom is 1.00 e. The van der Waals surface area contributed by atoms with Crippen LogP contribution in [-0.2, 0) is 0 Å². The van der Waals surface area contributed by atoms with Gasteiger partial charge in [0, 0.05) is 0 Å². The zero-order chi connectivity index (χ0) is 5.54. The van der Waals surface area contributed by atoms with Crippen LogP contribution in [0, 0.1) is 0 Å². The standard InChI is InChI=1S/C4H9N.CH3O.K/c1-2-4-5-3-1;1-2;/h5H,1-4H2;1H3;/q;-1;+1. The van der Waals surface area contributed by atoms with Gasteiger partial charge in [0.05, 0.1) is 0 Å². The maximum absolute atomic E-state index is 8.25. The molecule has 1 heterocycles. The summed E-state index contributed by atoms with van der Waals surface area (Å²) >= 11 is 0. The van der Waals surface area contributed by atoms with Gasteiger partial charge < -0.3 is 10.4 Å². The van der Waals surface area contributed by atoms with E-state index >= 15 is 0 Å². The Morgan fingerprint density at radius 2 is 1.50 bits per heavy atom. The summed E-state index contributed by atoms with van der Waals surface area (Å²) in [6, 6.07) is 0. The van der Waals surface area contributed by atoms with E-state index in [1.807, 2.05) is 0 Å². The zero-order valence-electron chi connectivity index (χ0n) is 5.74. The second kappa shape index (κ2) is 11.4. The Morgan fingerprint density at radius 1 is 1.12 bits per heavy atom. The molecule has 44 valence electrons. The monoisotopic (exact) mass is 141 g/mol. The molecule has 1 N–H and O–H groups in total. The van der Waals surface area contributed by atoms with Gasteiger partial charge in [0.1, 0.15) is 0 Å². The van der Waals surface area contributed by atoms with Crippen LogP contribution in [0.3, 0.4) is 0 Å². The molecule has 1 aliphatic rings. The molecule has 0 unspecified atom stereocenters. The molecule has 8 heavy (non-hydrogen) atoms. The summed E-state index contributed by atoms with van der Waals surface area (Å²) in [6.45, 7) is 2.50. The summed E-state index contributed by atoms with van der Waals surface area (Å²) in [7, 11) is 0.750. The molecule has 1 rings (SSSR count). The summed E-state index contributed by atoms with van der Waals surface area (Å²) < 4.78 is 0. The van der Waals surface area contributed by atoms with Crippen LogP contribution < -0.4 is 61.8 Å². The van der Waals surface area contributed by atoms with Crippen molar-refractivity contribution >= 4 is 0 Å². The van der Waals surface area contributed by atoms with Gasteiger partial charge in [0.25, 0.3) is 0 Å². The Balaban J connectivity index is 0. The fraction of sp³-hybridized carbons (Fsp3) is 1.00. The molecular weight excluding hydrogens is 129 g/mol. The summed E-state index contributed by atoms with van der Waals surface area (Å²) in [5.74, 6) is 0. The summed E-state index contributed by atoms with van der Waals surface area (Å²) in [4.78, 5) is 0. The predicted octanol–water partition coefficient (Wildman–Crippen LogP) is -3.65. The summed E-state index contributed by atoms with van der Waals surface area (Å²) in [5, 5.41) is 11.5. The Labute approximate surface area is 93.5 Å². The second-order valence-corrected chi connectivity index (χ2v) is 1.46. The molecule has 0 atom stereocenters. The molecule has 0 spiro atoms. The van der Waals surface area contributed by atoms with Gasteiger partial charge in [-0.05, 0) is 25.9 Å². The predicted molar refractivity (Wildman–Crippen MR) is 28.0 cm³/mol. The summed E-state index contributed by atoms with van der Waals surface area (Å²) in [6.07, 6.45) is 2.78. The van der Waals surface area contributed by atoms with E-state index < -0.39 is 0 Å². The first-order chi connectivity index (χ1) is 3.50. The summed E-state index contributed by atoms with van der Waals surface area (Å²) in [5.41, 5.74) is 0. The minimum atomic E-state index is 0. The molecule has 0 amide bonds. The van der Waals surface area contributed by atoms with Crippen LogP contribution >= 0.6 is 0 Å². The normalized spacial score (nSPS) is 15.8. The van der Waals surface area contributed by atoms with Crippen LogP contribution in [0.2, 0.25) is 0 Å². The second-order valence-electron chi connectivity index (χ2n) is 1.46. The van der Waals surface area contributed by atoms with Crippen LogP contribution in [0.15, 0.2) is 0 Å². The van der Waals surface area contributed by atoms with Crippen molar-refractivity contribution in [1.82, 2.24) is 5.32 Å². The number of rotatable bonds is 0. The van der Waals surface area contributed by atoms with Gasteiger partial charge in [0.2, 0.25) is 0 Å². The maximum atomic E-state index is 8.25. The van der Waals surface area contributed by atoms with E-state index in [0.29, 0.717) is 0 Å². The molecule has 0 saturated carbocycles. The number of nitrogens with one attached hydrogen (secondary N) is 1. The molecule has 0 bridgehead atoms. The van der Waals surface area contributed by atoms with Crippen molar-refractivity contribution in [3.8, 4) is 0 Å². The Hall–Kier alpha value is 1.56. The minimum Gasteiger partial charge on any atom is -0.857 e. The first kappa shape index (κ1) is 12.3. The molecule has 1 saturated heterocycles. The van der Waals surface area contributed by atoms with Crippen LogP contribution in [0.5, 0.6) is 0 Å². The van der Waals surface area contributed by atoms with Crippen molar-refractivity contribution in [3.05, 3.63) is 0 Å². The Bertz CT molecular complexity index is 24.0. The zero-order valence-corrected chi connectivity index (χ0v) is 8.86. The molecule has 0 aromatic carbocycles. The number of hydrogen-bond donors (Lipinski definition) is 1.